The zero-order valence-electron chi connectivity index (χ0n) is 15.0. The standard InChI is InChI=1S/C20H23BrN2O3/c1-25-14-9-10-19(26-2)15(12-14)18-8-5-11-23(18)13-20(24)22-17-7-4-3-6-16(17)21/h3-4,6-7,9-10,12,18H,5,8,11,13H2,1-2H3,(H,22,24)/t18-/m0/s1. The summed E-state index contributed by atoms with van der Waals surface area (Å²) in [7, 11) is 3.33. The van der Waals surface area contributed by atoms with Gasteiger partial charge in [0, 0.05) is 16.1 Å². The molecule has 6 heteroatoms. The SMILES string of the molecule is COc1ccc(OC)c([C@@H]2CCCN2CC(=O)Nc2ccccc2Br)c1. The lowest BCUT2D eigenvalue weighted by molar-refractivity contribution is -0.117. The third kappa shape index (κ3) is 4.19. The van der Waals surface area contributed by atoms with E-state index < -0.39 is 0 Å². The van der Waals surface area contributed by atoms with E-state index in [-0.39, 0.29) is 11.9 Å². The van der Waals surface area contributed by atoms with Crippen LogP contribution >= 0.6 is 15.9 Å². The summed E-state index contributed by atoms with van der Waals surface area (Å²) in [6.07, 6.45) is 2.04. The van der Waals surface area contributed by atoms with Crippen LogP contribution in [0.15, 0.2) is 46.9 Å². The Hall–Kier alpha value is -2.05. The maximum absolute atomic E-state index is 12.5. The molecule has 0 spiro atoms. The number of likely N-dealkylation sites (tertiary alicyclic amines) is 1. The quantitative estimate of drug-likeness (QED) is 0.761. The highest BCUT2D eigenvalue weighted by atomic mass is 79.9. The average Bonchev–Trinajstić information content (AvgIpc) is 3.10. The van der Waals surface area contributed by atoms with Gasteiger partial charge < -0.3 is 14.8 Å². The van der Waals surface area contributed by atoms with E-state index in [2.05, 4.69) is 26.1 Å². The number of para-hydroxylation sites is 1. The Kier molecular flexibility index (Phi) is 6.16. The van der Waals surface area contributed by atoms with E-state index in [4.69, 9.17) is 9.47 Å². The molecule has 0 aliphatic carbocycles. The molecule has 0 unspecified atom stereocenters. The number of halogens is 1. The second-order valence-electron chi connectivity index (χ2n) is 6.26. The minimum absolute atomic E-state index is 0.0225. The van der Waals surface area contributed by atoms with Crippen LogP contribution in [0.25, 0.3) is 0 Å². The van der Waals surface area contributed by atoms with Crippen LogP contribution in [-0.4, -0.2) is 38.1 Å². The summed E-state index contributed by atoms with van der Waals surface area (Å²) in [5.41, 5.74) is 1.85. The number of carbonyl (C=O) groups excluding carboxylic acids is 1. The Morgan fingerprint density at radius 1 is 1.23 bits per heavy atom. The number of hydrogen-bond donors (Lipinski definition) is 1. The predicted octanol–water partition coefficient (Wildman–Crippen LogP) is 4.24. The molecule has 5 nitrogen and oxygen atoms in total. The van der Waals surface area contributed by atoms with Crippen molar-refractivity contribution in [2.75, 3.05) is 32.6 Å². The Labute approximate surface area is 162 Å². The van der Waals surface area contributed by atoms with Crippen molar-refractivity contribution >= 4 is 27.5 Å². The predicted molar refractivity (Wildman–Crippen MR) is 106 cm³/mol. The number of carbonyl (C=O) groups is 1. The zero-order chi connectivity index (χ0) is 18.5. The molecule has 1 aliphatic rings. The number of hydrogen-bond acceptors (Lipinski definition) is 4. The Balaban J connectivity index is 1.74. The van der Waals surface area contributed by atoms with Crippen LogP contribution in [0.3, 0.4) is 0 Å². The topological polar surface area (TPSA) is 50.8 Å². The highest BCUT2D eigenvalue weighted by Gasteiger charge is 2.30. The third-order valence-corrected chi connectivity index (χ3v) is 5.35. The number of benzene rings is 2. The van der Waals surface area contributed by atoms with Gasteiger partial charge in [0.05, 0.1) is 26.5 Å². The molecule has 26 heavy (non-hydrogen) atoms. The zero-order valence-corrected chi connectivity index (χ0v) is 16.6. The van der Waals surface area contributed by atoms with E-state index in [1.807, 2.05) is 42.5 Å². The maximum Gasteiger partial charge on any atom is 0.238 e. The molecule has 1 heterocycles. The van der Waals surface area contributed by atoms with Gasteiger partial charge in [-0.1, -0.05) is 12.1 Å². The van der Waals surface area contributed by atoms with E-state index >= 15 is 0 Å². The summed E-state index contributed by atoms with van der Waals surface area (Å²) in [5, 5.41) is 2.98. The molecule has 2 aromatic carbocycles. The van der Waals surface area contributed by atoms with Gasteiger partial charge in [0.1, 0.15) is 11.5 Å². The van der Waals surface area contributed by atoms with Crippen molar-refractivity contribution in [3.8, 4) is 11.5 Å². The second kappa shape index (κ2) is 8.56. The van der Waals surface area contributed by atoms with Gasteiger partial charge in [-0.05, 0) is 65.6 Å². The normalized spacial score (nSPS) is 17.1. The monoisotopic (exact) mass is 418 g/mol. The highest BCUT2D eigenvalue weighted by Crippen LogP contribution is 2.38. The van der Waals surface area contributed by atoms with Crippen LogP contribution in [-0.2, 0) is 4.79 Å². The Morgan fingerprint density at radius 2 is 2.04 bits per heavy atom. The molecule has 0 radical (unpaired) electrons. The summed E-state index contributed by atoms with van der Waals surface area (Å²) in [5.74, 6) is 1.60. The van der Waals surface area contributed by atoms with Crippen molar-refractivity contribution in [1.29, 1.82) is 0 Å². The van der Waals surface area contributed by atoms with Gasteiger partial charge in [-0.25, -0.2) is 0 Å². The second-order valence-corrected chi connectivity index (χ2v) is 7.12. The average molecular weight is 419 g/mol. The first-order valence-corrected chi connectivity index (χ1v) is 9.42. The molecule has 2 aromatic rings. The third-order valence-electron chi connectivity index (χ3n) is 4.65. The number of methoxy groups -OCH3 is 2. The van der Waals surface area contributed by atoms with E-state index in [1.54, 1.807) is 14.2 Å². The highest BCUT2D eigenvalue weighted by molar-refractivity contribution is 9.10. The number of amides is 1. The van der Waals surface area contributed by atoms with Crippen molar-refractivity contribution < 1.29 is 14.3 Å². The summed E-state index contributed by atoms with van der Waals surface area (Å²) in [6, 6.07) is 13.6. The van der Waals surface area contributed by atoms with Crippen LogP contribution in [0.2, 0.25) is 0 Å². The summed E-state index contributed by atoms with van der Waals surface area (Å²) >= 11 is 3.46. The van der Waals surface area contributed by atoms with Crippen molar-refractivity contribution in [2.24, 2.45) is 0 Å². The first-order chi connectivity index (χ1) is 12.6. The van der Waals surface area contributed by atoms with Gasteiger partial charge in [-0.15, -0.1) is 0 Å². The number of nitrogens with zero attached hydrogens (tertiary/aromatic N) is 1. The lowest BCUT2D eigenvalue weighted by Gasteiger charge is -2.26. The van der Waals surface area contributed by atoms with Gasteiger partial charge in [0.15, 0.2) is 0 Å². The van der Waals surface area contributed by atoms with Crippen molar-refractivity contribution in [3.05, 3.63) is 52.5 Å². The van der Waals surface area contributed by atoms with Gasteiger partial charge in [0.25, 0.3) is 0 Å². The number of anilines is 1. The molecule has 1 aliphatic heterocycles. The van der Waals surface area contributed by atoms with Crippen LogP contribution in [0, 0.1) is 0 Å². The lowest BCUT2D eigenvalue weighted by Crippen LogP contribution is -2.33. The molecule has 3 rings (SSSR count). The number of ether oxygens (including phenoxy) is 2. The summed E-state index contributed by atoms with van der Waals surface area (Å²) in [4.78, 5) is 14.7. The van der Waals surface area contributed by atoms with E-state index in [1.165, 1.54) is 0 Å². The van der Waals surface area contributed by atoms with Gasteiger partial charge in [0.2, 0.25) is 5.91 Å². The van der Waals surface area contributed by atoms with Gasteiger partial charge in [-0.3, -0.25) is 9.69 Å². The van der Waals surface area contributed by atoms with Crippen molar-refractivity contribution in [2.45, 2.75) is 18.9 Å². The molecule has 1 atom stereocenters. The van der Waals surface area contributed by atoms with Crippen LogP contribution in [0.5, 0.6) is 11.5 Å². The van der Waals surface area contributed by atoms with Crippen LogP contribution in [0.1, 0.15) is 24.4 Å². The fourth-order valence-corrected chi connectivity index (χ4v) is 3.79. The molecule has 0 saturated carbocycles. The minimum Gasteiger partial charge on any atom is -0.497 e. The van der Waals surface area contributed by atoms with Crippen LogP contribution < -0.4 is 14.8 Å². The van der Waals surface area contributed by atoms with E-state index in [0.29, 0.717) is 6.54 Å². The molecule has 0 aromatic heterocycles. The molecule has 1 fully saturated rings. The first-order valence-electron chi connectivity index (χ1n) is 8.62. The largest absolute Gasteiger partial charge is 0.497 e. The van der Waals surface area contributed by atoms with Gasteiger partial charge in [-0.2, -0.15) is 0 Å². The first kappa shape index (κ1) is 18.7. The molecule has 138 valence electrons. The summed E-state index contributed by atoms with van der Waals surface area (Å²) in [6.45, 7) is 1.22. The minimum atomic E-state index is -0.0225. The van der Waals surface area contributed by atoms with Gasteiger partial charge >= 0.3 is 0 Å². The number of nitrogens with one attached hydrogen (secondary N) is 1. The molecule has 1 amide bonds. The van der Waals surface area contributed by atoms with E-state index in [0.717, 1.165) is 46.6 Å². The summed E-state index contributed by atoms with van der Waals surface area (Å²) < 4.78 is 11.8. The lowest BCUT2D eigenvalue weighted by atomic mass is 10.0. The molecule has 0 bridgehead atoms. The maximum atomic E-state index is 12.5. The van der Waals surface area contributed by atoms with Crippen molar-refractivity contribution in [1.82, 2.24) is 4.90 Å². The Bertz CT molecular complexity index is 781. The molecule has 1 N–H and O–H groups in total. The smallest absolute Gasteiger partial charge is 0.238 e. The fourth-order valence-electron chi connectivity index (χ4n) is 3.40. The fraction of sp³-hybridized carbons (Fsp3) is 0.350. The van der Waals surface area contributed by atoms with Crippen LogP contribution in [0.4, 0.5) is 5.69 Å². The molecular formula is C20H23BrN2O3. The molecular weight excluding hydrogens is 396 g/mol. The number of rotatable bonds is 6. The van der Waals surface area contributed by atoms with E-state index in [9.17, 15) is 4.79 Å². The van der Waals surface area contributed by atoms with Crippen molar-refractivity contribution in [3.63, 3.8) is 0 Å². The Morgan fingerprint density at radius 3 is 2.77 bits per heavy atom. The molecule has 1 saturated heterocycles.